The first-order valence-corrected chi connectivity index (χ1v) is 12.5. The largest absolute Gasteiger partial charge is 0.416 e. The Morgan fingerprint density at radius 1 is 1.11 bits per heavy atom. The first kappa shape index (κ1) is 24.2. The van der Waals surface area contributed by atoms with E-state index < -0.39 is 17.3 Å². The molecule has 5 N–H and O–H groups in total. The number of H-pyrrole nitrogens is 2. The lowest BCUT2D eigenvalue weighted by Crippen LogP contribution is -2.39. The van der Waals surface area contributed by atoms with E-state index in [4.69, 9.17) is 5.73 Å². The molecule has 0 atom stereocenters. The standard InChI is InChI=1S/C24H23F3N6O2S/c25-24(26,27)14-2-4-17-18(12-14)31-21(23(35)32-17)20-19(28)15-11-13(1-3-16(15)30-20)22(34)29-5-6-33-7-9-36-10-8-33/h1-4,11-12,30H,5-10,28H2,(H,29,34)(H,32,35). The Morgan fingerprint density at radius 3 is 2.61 bits per heavy atom. The third-order valence-corrected chi connectivity index (χ3v) is 7.12. The molecule has 8 nitrogen and oxygen atoms in total. The van der Waals surface area contributed by atoms with Crippen LogP contribution in [0, 0.1) is 0 Å². The van der Waals surface area contributed by atoms with Gasteiger partial charge < -0.3 is 21.0 Å². The number of nitrogens with two attached hydrogens (primary N) is 1. The van der Waals surface area contributed by atoms with Crippen LogP contribution in [-0.2, 0) is 6.18 Å². The van der Waals surface area contributed by atoms with Crippen molar-refractivity contribution < 1.29 is 18.0 Å². The van der Waals surface area contributed by atoms with Gasteiger partial charge in [0.15, 0.2) is 5.69 Å². The topological polar surface area (TPSA) is 120 Å². The highest BCUT2D eigenvalue weighted by molar-refractivity contribution is 7.99. The molecule has 0 radical (unpaired) electrons. The van der Waals surface area contributed by atoms with Crippen molar-refractivity contribution in [2.24, 2.45) is 0 Å². The molecule has 0 spiro atoms. The van der Waals surface area contributed by atoms with Gasteiger partial charge in [-0.2, -0.15) is 24.9 Å². The van der Waals surface area contributed by atoms with Gasteiger partial charge in [-0.15, -0.1) is 0 Å². The summed E-state index contributed by atoms with van der Waals surface area (Å²) in [6, 6.07) is 7.86. The molecule has 5 rings (SSSR count). The van der Waals surface area contributed by atoms with Gasteiger partial charge in [-0.25, -0.2) is 4.98 Å². The molecule has 12 heteroatoms. The van der Waals surface area contributed by atoms with E-state index in [2.05, 4.69) is 25.2 Å². The molecule has 1 aliphatic heterocycles. The maximum Gasteiger partial charge on any atom is 0.416 e. The van der Waals surface area contributed by atoms with Crippen molar-refractivity contribution in [3.8, 4) is 11.4 Å². The Bertz CT molecular complexity index is 1510. The van der Waals surface area contributed by atoms with E-state index in [1.807, 2.05) is 11.8 Å². The van der Waals surface area contributed by atoms with E-state index in [9.17, 15) is 22.8 Å². The number of carbonyl (C=O) groups is 1. The molecule has 4 aromatic rings. The third-order valence-electron chi connectivity index (χ3n) is 6.18. The van der Waals surface area contributed by atoms with Gasteiger partial charge in [0.05, 0.1) is 28.0 Å². The molecule has 188 valence electrons. The number of thioether (sulfide) groups is 1. The van der Waals surface area contributed by atoms with Crippen LogP contribution >= 0.6 is 11.8 Å². The van der Waals surface area contributed by atoms with Gasteiger partial charge in [0.25, 0.3) is 11.5 Å². The summed E-state index contributed by atoms with van der Waals surface area (Å²) < 4.78 is 39.4. The van der Waals surface area contributed by atoms with Gasteiger partial charge in [0.2, 0.25) is 0 Å². The van der Waals surface area contributed by atoms with Crippen LogP contribution in [0.5, 0.6) is 0 Å². The van der Waals surface area contributed by atoms with Crippen molar-refractivity contribution >= 4 is 45.3 Å². The zero-order valence-electron chi connectivity index (χ0n) is 19.0. The number of halogens is 3. The molecule has 1 fully saturated rings. The van der Waals surface area contributed by atoms with Crippen LogP contribution in [0.15, 0.2) is 41.2 Å². The van der Waals surface area contributed by atoms with Gasteiger partial charge >= 0.3 is 6.18 Å². The number of amides is 1. The molecule has 1 aliphatic rings. The summed E-state index contributed by atoms with van der Waals surface area (Å²) >= 11 is 1.93. The van der Waals surface area contributed by atoms with Gasteiger partial charge in [-0.1, -0.05) is 0 Å². The number of aromatic nitrogens is 3. The molecule has 0 unspecified atom stereocenters. The minimum Gasteiger partial charge on any atom is -0.396 e. The fourth-order valence-electron chi connectivity index (χ4n) is 4.22. The summed E-state index contributed by atoms with van der Waals surface area (Å²) in [5.74, 6) is 1.95. The minimum absolute atomic E-state index is 0.0233. The number of hydrogen-bond acceptors (Lipinski definition) is 6. The maximum atomic E-state index is 13.1. The highest BCUT2D eigenvalue weighted by atomic mass is 32.2. The SMILES string of the molecule is Nc1c(-c2nc3cc(C(F)(F)F)ccc3[nH]c2=O)[nH]c2ccc(C(=O)NCCN3CCSCC3)cc12. The van der Waals surface area contributed by atoms with Gasteiger partial charge in [0, 0.05) is 54.2 Å². The molecule has 3 heterocycles. The normalized spacial score (nSPS) is 15.0. The highest BCUT2D eigenvalue weighted by Crippen LogP contribution is 2.33. The number of benzene rings is 2. The summed E-state index contributed by atoms with van der Waals surface area (Å²) in [7, 11) is 0. The Labute approximate surface area is 207 Å². The number of rotatable bonds is 5. The molecule has 0 saturated carbocycles. The molecule has 1 amide bonds. The fraction of sp³-hybridized carbons (Fsp3) is 0.292. The zero-order chi connectivity index (χ0) is 25.4. The lowest BCUT2D eigenvalue weighted by Gasteiger charge is -2.25. The highest BCUT2D eigenvalue weighted by Gasteiger charge is 2.31. The number of aromatic amines is 2. The number of nitrogen functional groups attached to an aromatic ring is 1. The minimum atomic E-state index is -4.55. The molecular weight excluding hydrogens is 493 g/mol. The predicted molar refractivity (Wildman–Crippen MR) is 135 cm³/mol. The van der Waals surface area contributed by atoms with E-state index in [-0.39, 0.29) is 34.0 Å². The van der Waals surface area contributed by atoms with Crippen molar-refractivity contribution in [2.45, 2.75) is 6.18 Å². The monoisotopic (exact) mass is 516 g/mol. The van der Waals surface area contributed by atoms with Crippen LogP contribution in [0.2, 0.25) is 0 Å². The zero-order valence-corrected chi connectivity index (χ0v) is 19.9. The molecule has 0 aliphatic carbocycles. The van der Waals surface area contributed by atoms with E-state index >= 15 is 0 Å². The number of nitrogens with zero attached hydrogens (tertiary/aromatic N) is 2. The van der Waals surface area contributed by atoms with Crippen molar-refractivity contribution in [1.29, 1.82) is 0 Å². The second-order valence-electron chi connectivity index (χ2n) is 8.53. The van der Waals surface area contributed by atoms with Crippen molar-refractivity contribution in [3.63, 3.8) is 0 Å². The first-order valence-electron chi connectivity index (χ1n) is 11.3. The quantitative estimate of drug-likeness (QED) is 0.323. The Morgan fingerprint density at radius 2 is 1.86 bits per heavy atom. The first-order chi connectivity index (χ1) is 17.2. The van der Waals surface area contributed by atoms with Crippen molar-refractivity contribution in [2.75, 3.05) is 43.4 Å². The molecular formula is C24H23F3N6O2S. The Kier molecular flexibility index (Phi) is 6.39. The lowest BCUT2D eigenvalue weighted by molar-refractivity contribution is -0.137. The summed E-state index contributed by atoms with van der Waals surface area (Å²) in [5, 5.41) is 3.43. The van der Waals surface area contributed by atoms with Gasteiger partial charge in [-0.3, -0.25) is 14.5 Å². The van der Waals surface area contributed by atoms with Crippen LogP contribution in [-0.4, -0.2) is 63.4 Å². The van der Waals surface area contributed by atoms with Crippen molar-refractivity contribution in [3.05, 3.63) is 57.9 Å². The smallest absolute Gasteiger partial charge is 0.396 e. The summed E-state index contributed by atoms with van der Waals surface area (Å²) in [5.41, 5.74) is 6.16. The van der Waals surface area contributed by atoms with E-state index in [0.29, 0.717) is 23.0 Å². The van der Waals surface area contributed by atoms with Crippen molar-refractivity contribution in [1.82, 2.24) is 25.2 Å². The number of anilines is 1. The van der Waals surface area contributed by atoms with Crippen LogP contribution in [0.25, 0.3) is 33.3 Å². The van der Waals surface area contributed by atoms with Crippen LogP contribution in [0.3, 0.4) is 0 Å². The maximum absolute atomic E-state index is 13.1. The second kappa shape index (κ2) is 9.51. The van der Waals surface area contributed by atoms with Crippen LogP contribution in [0.4, 0.5) is 18.9 Å². The third kappa shape index (κ3) is 4.78. The van der Waals surface area contributed by atoms with Gasteiger partial charge in [0.1, 0.15) is 0 Å². The molecule has 0 bridgehead atoms. The number of alkyl halides is 3. The second-order valence-corrected chi connectivity index (χ2v) is 9.75. The number of fused-ring (bicyclic) bond motifs is 2. The average molecular weight is 517 g/mol. The molecule has 2 aromatic heterocycles. The molecule has 36 heavy (non-hydrogen) atoms. The van der Waals surface area contributed by atoms with Crippen LogP contribution < -0.4 is 16.6 Å². The Hall–Kier alpha value is -3.51. The molecule has 2 aromatic carbocycles. The van der Waals surface area contributed by atoms with Gasteiger partial charge in [-0.05, 0) is 36.4 Å². The average Bonchev–Trinajstić information content (AvgIpc) is 3.18. The lowest BCUT2D eigenvalue weighted by atomic mass is 10.1. The molecule has 1 saturated heterocycles. The van der Waals surface area contributed by atoms with E-state index in [0.717, 1.165) is 43.3 Å². The van der Waals surface area contributed by atoms with E-state index in [1.165, 1.54) is 6.07 Å². The summed E-state index contributed by atoms with van der Waals surface area (Å²) in [6.07, 6.45) is -4.55. The fourth-order valence-corrected chi connectivity index (χ4v) is 5.20. The number of hydrogen-bond donors (Lipinski definition) is 4. The predicted octanol–water partition coefficient (Wildman–Crippen LogP) is 3.45. The Balaban J connectivity index is 1.42. The summed E-state index contributed by atoms with van der Waals surface area (Å²) in [4.78, 5) is 37.4. The summed E-state index contributed by atoms with van der Waals surface area (Å²) in [6.45, 7) is 3.31. The number of carbonyl (C=O) groups excluding carboxylic acids is 1. The van der Waals surface area contributed by atoms with Crippen LogP contribution in [0.1, 0.15) is 15.9 Å². The number of nitrogens with one attached hydrogen (secondary N) is 3. The van der Waals surface area contributed by atoms with E-state index in [1.54, 1.807) is 18.2 Å².